The van der Waals surface area contributed by atoms with Crippen LogP contribution in [0.3, 0.4) is 0 Å². The van der Waals surface area contributed by atoms with Crippen molar-refractivity contribution in [2.75, 3.05) is 26.2 Å². The fourth-order valence-electron chi connectivity index (χ4n) is 4.24. The predicted octanol–water partition coefficient (Wildman–Crippen LogP) is 5.28. The highest BCUT2D eigenvalue weighted by Gasteiger charge is 2.27. The zero-order chi connectivity index (χ0) is 24.7. The van der Waals surface area contributed by atoms with Crippen LogP contribution in [-0.4, -0.2) is 55.2 Å². The van der Waals surface area contributed by atoms with Crippen LogP contribution in [0.5, 0.6) is 5.75 Å². The zero-order valence-electron chi connectivity index (χ0n) is 20.3. The number of amides is 2. The van der Waals surface area contributed by atoms with Gasteiger partial charge in [-0.05, 0) is 82.1 Å². The number of allylic oxidation sites excluding steroid dienone is 2. The highest BCUT2D eigenvalue weighted by atomic mass is 19.3. The molecule has 1 atom stereocenters. The van der Waals surface area contributed by atoms with E-state index in [1.54, 1.807) is 4.90 Å². The molecular weight excluding hydrogens is 442 g/mol. The van der Waals surface area contributed by atoms with Gasteiger partial charge in [0.25, 0.3) is 6.43 Å². The number of carbonyl (C=O) groups excluding carboxylic acids is 2. The smallest absolute Gasteiger partial charge is 0.410 e. The summed E-state index contributed by atoms with van der Waals surface area (Å²) in [6.07, 6.45) is 2.98. The van der Waals surface area contributed by atoms with Gasteiger partial charge in [0.05, 0.1) is 13.2 Å². The summed E-state index contributed by atoms with van der Waals surface area (Å²) < 4.78 is 36.0. The number of alkyl halides is 2. The molecule has 1 heterocycles. The zero-order valence-corrected chi connectivity index (χ0v) is 20.3. The maximum atomic E-state index is 12.3. The number of benzene rings is 1. The minimum absolute atomic E-state index is 0.244. The molecule has 0 radical (unpaired) electrons. The van der Waals surface area contributed by atoms with E-state index in [0.29, 0.717) is 38.5 Å². The molecule has 188 valence electrons. The molecule has 0 spiro atoms. The molecule has 1 N–H and O–H groups in total. The minimum Gasteiger partial charge on any atom is -0.493 e. The molecule has 0 bridgehead atoms. The van der Waals surface area contributed by atoms with Crippen LogP contribution >= 0.6 is 0 Å². The number of hydrogen-bond acceptors (Lipinski definition) is 4. The molecule has 1 aromatic carbocycles. The fraction of sp³-hybridized carbons (Fsp3) is 0.615. The lowest BCUT2D eigenvalue weighted by atomic mass is 9.86. The molecule has 6 nitrogen and oxygen atoms in total. The molecule has 1 aliphatic heterocycles. The highest BCUT2D eigenvalue weighted by molar-refractivity contribution is 5.80. The summed E-state index contributed by atoms with van der Waals surface area (Å²) in [7, 11) is 0. The first-order valence-corrected chi connectivity index (χ1v) is 12.1. The molecular formula is C26H36F2N2O4. The van der Waals surface area contributed by atoms with Crippen molar-refractivity contribution in [2.24, 2.45) is 11.8 Å². The third kappa shape index (κ3) is 7.99. The largest absolute Gasteiger partial charge is 0.493 e. The van der Waals surface area contributed by atoms with Gasteiger partial charge in [0.15, 0.2) is 0 Å². The van der Waals surface area contributed by atoms with Crippen molar-refractivity contribution >= 4 is 17.6 Å². The first-order valence-electron chi connectivity index (χ1n) is 12.1. The van der Waals surface area contributed by atoms with Gasteiger partial charge < -0.3 is 19.7 Å². The Labute approximate surface area is 200 Å². The summed E-state index contributed by atoms with van der Waals surface area (Å²) in [5, 5.41) is 2.31. The third-order valence-corrected chi connectivity index (χ3v) is 6.19. The summed E-state index contributed by atoms with van der Waals surface area (Å²) in [6.45, 7) is 6.99. The summed E-state index contributed by atoms with van der Waals surface area (Å²) in [6, 6.07) is 7.94. The molecule has 1 unspecified atom stereocenters. The number of hydrogen-bond donors (Lipinski definition) is 1. The Morgan fingerprint density at radius 3 is 2.35 bits per heavy atom. The van der Waals surface area contributed by atoms with E-state index in [-0.39, 0.29) is 17.9 Å². The van der Waals surface area contributed by atoms with Gasteiger partial charge in [-0.2, -0.15) is 0 Å². The normalized spacial score (nSPS) is 19.5. The Hall–Kier alpha value is -2.64. The fourth-order valence-corrected chi connectivity index (χ4v) is 4.24. The molecule has 0 aromatic heterocycles. The quantitative estimate of drug-likeness (QED) is 0.579. The lowest BCUT2D eigenvalue weighted by Crippen LogP contribution is -2.42. The van der Waals surface area contributed by atoms with Gasteiger partial charge in [0.1, 0.15) is 11.4 Å². The van der Waals surface area contributed by atoms with Gasteiger partial charge in [0.2, 0.25) is 5.91 Å². The number of nitrogens with zero attached hydrogens (tertiary/aromatic N) is 1. The minimum atomic E-state index is -2.52. The number of halogens is 2. The second kappa shape index (κ2) is 11.7. The number of piperidine rings is 1. The average molecular weight is 479 g/mol. The monoisotopic (exact) mass is 478 g/mol. The van der Waals surface area contributed by atoms with E-state index in [1.807, 2.05) is 51.1 Å². The Morgan fingerprint density at radius 1 is 1.12 bits per heavy atom. The van der Waals surface area contributed by atoms with Gasteiger partial charge in [-0.1, -0.05) is 18.2 Å². The van der Waals surface area contributed by atoms with E-state index in [9.17, 15) is 18.4 Å². The van der Waals surface area contributed by atoms with Gasteiger partial charge in [0, 0.05) is 19.0 Å². The first kappa shape index (κ1) is 26.0. The summed E-state index contributed by atoms with van der Waals surface area (Å²) in [4.78, 5) is 25.9. The maximum Gasteiger partial charge on any atom is 0.410 e. The number of carbonyl (C=O) groups is 2. The Morgan fingerprint density at radius 2 is 1.79 bits per heavy atom. The van der Waals surface area contributed by atoms with Crippen molar-refractivity contribution in [3.63, 3.8) is 0 Å². The number of ether oxygens (including phenoxy) is 2. The molecule has 1 aliphatic carbocycles. The average Bonchev–Trinajstić information content (AvgIpc) is 2.81. The Bertz CT molecular complexity index is 857. The summed E-state index contributed by atoms with van der Waals surface area (Å²) in [5.74, 6) is 0.662. The van der Waals surface area contributed by atoms with E-state index in [0.717, 1.165) is 30.6 Å². The van der Waals surface area contributed by atoms with Crippen molar-refractivity contribution < 1.29 is 27.8 Å². The van der Waals surface area contributed by atoms with Crippen LogP contribution in [0.1, 0.15) is 58.4 Å². The van der Waals surface area contributed by atoms with Gasteiger partial charge in [-0.15, -0.1) is 0 Å². The van der Waals surface area contributed by atoms with Crippen LogP contribution in [-0.2, 0) is 9.53 Å². The van der Waals surface area contributed by atoms with E-state index < -0.39 is 18.6 Å². The van der Waals surface area contributed by atoms with E-state index in [1.165, 1.54) is 5.57 Å². The molecule has 1 saturated heterocycles. The van der Waals surface area contributed by atoms with Crippen molar-refractivity contribution in [3.05, 3.63) is 35.9 Å². The predicted molar refractivity (Wildman–Crippen MR) is 127 cm³/mol. The molecule has 3 rings (SSSR count). The van der Waals surface area contributed by atoms with Crippen LogP contribution in [0, 0.1) is 11.8 Å². The van der Waals surface area contributed by atoms with Crippen molar-refractivity contribution in [2.45, 2.75) is 64.9 Å². The van der Waals surface area contributed by atoms with E-state index in [4.69, 9.17) is 9.47 Å². The Balaban J connectivity index is 1.41. The van der Waals surface area contributed by atoms with Crippen LogP contribution in [0.25, 0.3) is 5.57 Å². The molecule has 1 fully saturated rings. The maximum absolute atomic E-state index is 12.3. The van der Waals surface area contributed by atoms with Gasteiger partial charge in [-0.3, -0.25) is 4.79 Å². The topological polar surface area (TPSA) is 67.9 Å². The van der Waals surface area contributed by atoms with E-state index >= 15 is 0 Å². The van der Waals surface area contributed by atoms with Gasteiger partial charge >= 0.3 is 6.09 Å². The Kier molecular flexibility index (Phi) is 8.91. The third-order valence-electron chi connectivity index (χ3n) is 6.19. The van der Waals surface area contributed by atoms with Crippen molar-refractivity contribution in [1.29, 1.82) is 0 Å². The number of likely N-dealkylation sites (tertiary alicyclic amines) is 1. The number of nitrogens with one attached hydrogen (secondary N) is 1. The van der Waals surface area contributed by atoms with Crippen LogP contribution in [0.4, 0.5) is 13.6 Å². The molecule has 2 aliphatic rings. The number of rotatable bonds is 7. The van der Waals surface area contributed by atoms with Crippen LogP contribution < -0.4 is 10.1 Å². The molecule has 8 heteroatoms. The second-order valence-electron chi connectivity index (χ2n) is 10.1. The lowest BCUT2D eigenvalue weighted by Gasteiger charge is -2.33. The molecule has 2 amide bonds. The van der Waals surface area contributed by atoms with Crippen molar-refractivity contribution in [3.8, 4) is 5.75 Å². The van der Waals surface area contributed by atoms with Crippen molar-refractivity contribution in [1.82, 2.24) is 10.2 Å². The molecule has 34 heavy (non-hydrogen) atoms. The van der Waals surface area contributed by atoms with Crippen LogP contribution in [0.2, 0.25) is 0 Å². The highest BCUT2D eigenvalue weighted by Crippen LogP contribution is 2.31. The van der Waals surface area contributed by atoms with Gasteiger partial charge in [-0.25, -0.2) is 13.6 Å². The molecule has 0 saturated carbocycles. The summed E-state index contributed by atoms with van der Waals surface area (Å²) in [5.41, 5.74) is 1.77. The van der Waals surface area contributed by atoms with E-state index in [2.05, 4.69) is 5.32 Å². The lowest BCUT2D eigenvalue weighted by molar-refractivity contribution is -0.125. The van der Waals surface area contributed by atoms with Crippen LogP contribution in [0.15, 0.2) is 30.3 Å². The summed E-state index contributed by atoms with van der Waals surface area (Å²) >= 11 is 0. The SMILES string of the molecule is CC(C)(C)OC(=O)N1CCC(COc2ccc(C3=CCC(C(=O)NCC(F)F)CC3)cc2)CC1. The standard InChI is InChI=1S/C26H36F2N2O4/c1-26(2,3)34-25(32)30-14-12-18(13-15-30)17-33-22-10-8-20(9-11-22)19-4-6-21(7-5-19)24(31)29-16-23(27)28/h4,8-11,18,21,23H,5-7,12-17H2,1-3H3,(H,29,31). The molecule has 1 aromatic rings. The first-order chi connectivity index (χ1) is 16.1. The second-order valence-corrected chi connectivity index (χ2v) is 10.1.